The first-order valence-electron chi connectivity index (χ1n) is 9.28. The summed E-state index contributed by atoms with van der Waals surface area (Å²) in [6.07, 6.45) is 4.45. The Labute approximate surface area is 160 Å². The lowest BCUT2D eigenvalue weighted by molar-refractivity contribution is 0.514. The van der Waals surface area contributed by atoms with Gasteiger partial charge in [0.1, 0.15) is 23.0 Å². The van der Waals surface area contributed by atoms with Crippen LogP contribution in [0.4, 0.5) is 0 Å². The summed E-state index contributed by atoms with van der Waals surface area (Å²) in [6, 6.07) is 7.92. The zero-order chi connectivity index (χ0) is 19.2. The van der Waals surface area contributed by atoms with Crippen LogP contribution in [-0.4, -0.2) is 19.9 Å². The van der Waals surface area contributed by atoms with Crippen molar-refractivity contribution >= 4 is 0 Å². The lowest BCUT2D eigenvalue weighted by Gasteiger charge is -2.11. The van der Waals surface area contributed by atoms with Crippen molar-refractivity contribution in [3.63, 3.8) is 0 Å². The summed E-state index contributed by atoms with van der Waals surface area (Å²) in [4.78, 5) is 15.2. The molecule has 27 heavy (non-hydrogen) atoms. The third kappa shape index (κ3) is 4.90. The lowest BCUT2D eigenvalue weighted by Crippen LogP contribution is -2.03. The number of imidazole rings is 2. The highest BCUT2D eigenvalue weighted by Crippen LogP contribution is 2.20. The van der Waals surface area contributed by atoms with Crippen LogP contribution in [0, 0.1) is 29.6 Å². The summed E-state index contributed by atoms with van der Waals surface area (Å²) in [7, 11) is 0. The average molecular weight is 356 g/mol. The van der Waals surface area contributed by atoms with Crippen LogP contribution < -0.4 is 0 Å². The SMILES string of the molecule is CCc1ncc(C#Cc2ccc(C#Cc3cnc(C(C)C(C)C)[nH]3)cc2)[nH]1. The molecule has 0 aliphatic heterocycles. The van der Waals surface area contributed by atoms with E-state index in [-0.39, 0.29) is 0 Å². The van der Waals surface area contributed by atoms with Crippen LogP contribution in [0.5, 0.6) is 0 Å². The Hall–Kier alpha value is -3.24. The van der Waals surface area contributed by atoms with Crippen molar-refractivity contribution < 1.29 is 0 Å². The summed E-state index contributed by atoms with van der Waals surface area (Å²) in [5.74, 6) is 15.4. The van der Waals surface area contributed by atoms with E-state index in [4.69, 9.17) is 0 Å². The first kappa shape index (κ1) is 18.5. The Morgan fingerprint density at radius 1 is 0.815 bits per heavy atom. The summed E-state index contributed by atoms with van der Waals surface area (Å²) >= 11 is 0. The number of hydrogen-bond donors (Lipinski definition) is 2. The van der Waals surface area contributed by atoms with Gasteiger partial charge in [0.05, 0.1) is 12.4 Å². The Morgan fingerprint density at radius 3 is 1.89 bits per heavy atom. The fraction of sp³-hybridized carbons (Fsp3) is 0.304. The molecule has 0 aliphatic carbocycles. The van der Waals surface area contributed by atoms with Crippen molar-refractivity contribution in [1.82, 2.24) is 19.9 Å². The van der Waals surface area contributed by atoms with E-state index in [1.54, 1.807) is 12.4 Å². The van der Waals surface area contributed by atoms with Gasteiger partial charge in [-0.1, -0.05) is 39.5 Å². The number of H-pyrrole nitrogens is 2. The third-order valence-corrected chi connectivity index (χ3v) is 4.56. The maximum atomic E-state index is 4.44. The molecule has 0 bridgehead atoms. The Morgan fingerprint density at radius 2 is 1.37 bits per heavy atom. The molecule has 2 aromatic heterocycles. The number of rotatable bonds is 3. The summed E-state index contributed by atoms with van der Waals surface area (Å²) in [6.45, 7) is 8.62. The van der Waals surface area contributed by atoms with E-state index < -0.39 is 0 Å². The first-order chi connectivity index (χ1) is 13.0. The van der Waals surface area contributed by atoms with Gasteiger partial charge in [0.2, 0.25) is 0 Å². The van der Waals surface area contributed by atoms with Gasteiger partial charge in [-0.15, -0.1) is 0 Å². The Balaban J connectivity index is 1.68. The van der Waals surface area contributed by atoms with Crippen LogP contribution in [0.15, 0.2) is 36.7 Å². The molecule has 136 valence electrons. The predicted octanol–water partition coefficient (Wildman–Crippen LogP) is 4.25. The minimum atomic E-state index is 0.390. The molecule has 3 aromatic rings. The molecule has 2 N–H and O–H groups in total. The van der Waals surface area contributed by atoms with E-state index in [1.165, 1.54) is 0 Å². The van der Waals surface area contributed by atoms with Crippen molar-refractivity contribution in [1.29, 1.82) is 0 Å². The minimum absolute atomic E-state index is 0.390. The van der Waals surface area contributed by atoms with Crippen LogP contribution in [0.1, 0.15) is 67.8 Å². The number of aromatic amines is 2. The standard InChI is InChI=1S/C23H24N4/c1-5-22-24-14-20(26-22)12-10-18-6-8-19(9-7-18)11-13-21-15-25-23(27-21)17(4)16(2)3/h6-9,14-17H,5H2,1-4H3,(H,24,26)(H,25,27). The molecule has 2 heterocycles. The molecule has 1 unspecified atom stereocenters. The van der Waals surface area contributed by atoms with E-state index in [9.17, 15) is 0 Å². The van der Waals surface area contributed by atoms with Gasteiger partial charge in [0.15, 0.2) is 0 Å². The fourth-order valence-corrected chi connectivity index (χ4v) is 2.47. The number of hydrogen-bond acceptors (Lipinski definition) is 2. The maximum absolute atomic E-state index is 4.44. The normalized spacial score (nSPS) is 11.4. The second-order valence-corrected chi connectivity index (χ2v) is 6.89. The number of aryl methyl sites for hydroxylation is 1. The molecule has 0 fully saturated rings. The largest absolute Gasteiger partial charge is 0.336 e. The van der Waals surface area contributed by atoms with Crippen molar-refractivity contribution in [2.45, 2.75) is 40.0 Å². The molecular formula is C23H24N4. The van der Waals surface area contributed by atoms with Crippen LogP contribution in [0.3, 0.4) is 0 Å². The molecule has 0 saturated heterocycles. The minimum Gasteiger partial charge on any atom is -0.336 e. The highest BCUT2D eigenvalue weighted by Gasteiger charge is 2.12. The molecule has 3 rings (SSSR count). The third-order valence-electron chi connectivity index (χ3n) is 4.56. The van der Waals surface area contributed by atoms with Gasteiger partial charge in [-0.3, -0.25) is 0 Å². The van der Waals surface area contributed by atoms with E-state index in [1.807, 2.05) is 24.3 Å². The highest BCUT2D eigenvalue weighted by molar-refractivity contribution is 5.45. The second-order valence-electron chi connectivity index (χ2n) is 6.89. The molecule has 0 radical (unpaired) electrons. The zero-order valence-electron chi connectivity index (χ0n) is 16.2. The number of nitrogens with zero attached hydrogens (tertiary/aromatic N) is 2. The summed E-state index contributed by atoms with van der Waals surface area (Å²) < 4.78 is 0. The Kier molecular flexibility index (Phi) is 5.79. The van der Waals surface area contributed by atoms with Gasteiger partial charge in [0.25, 0.3) is 0 Å². The van der Waals surface area contributed by atoms with Crippen molar-refractivity contribution in [2.24, 2.45) is 5.92 Å². The average Bonchev–Trinajstić information content (AvgIpc) is 3.34. The molecular weight excluding hydrogens is 332 g/mol. The smallest absolute Gasteiger partial charge is 0.110 e. The fourth-order valence-electron chi connectivity index (χ4n) is 2.47. The number of nitrogens with one attached hydrogen (secondary N) is 2. The van der Waals surface area contributed by atoms with Gasteiger partial charge < -0.3 is 9.97 Å². The van der Waals surface area contributed by atoms with Gasteiger partial charge >= 0.3 is 0 Å². The molecule has 1 aromatic carbocycles. The van der Waals surface area contributed by atoms with Gasteiger partial charge in [0, 0.05) is 23.5 Å². The highest BCUT2D eigenvalue weighted by atomic mass is 14.9. The quantitative estimate of drug-likeness (QED) is 0.689. The molecule has 0 spiro atoms. The lowest BCUT2D eigenvalue weighted by atomic mass is 9.98. The van der Waals surface area contributed by atoms with E-state index >= 15 is 0 Å². The monoisotopic (exact) mass is 356 g/mol. The molecule has 0 saturated carbocycles. The first-order valence-corrected chi connectivity index (χ1v) is 9.28. The second kappa shape index (κ2) is 8.43. The zero-order valence-corrected chi connectivity index (χ0v) is 16.2. The summed E-state index contributed by atoms with van der Waals surface area (Å²) in [5.41, 5.74) is 3.57. The van der Waals surface area contributed by atoms with Crippen LogP contribution in [0.2, 0.25) is 0 Å². The van der Waals surface area contributed by atoms with Gasteiger partial charge in [-0.05, 0) is 42.0 Å². The maximum Gasteiger partial charge on any atom is 0.110 e. The van der Waals surface area contributed by atoms with Crippen LogP contribution in [0.25, 0.3) is 0 Å². The molecule has 0 amide bonds. The number of benzene rings is 1. The van der Waals surface area contributed by atoms with E-state index in [0.717, 1.165) is 40.6 Å². The predicted molar refractivity (Wildman–Crippen MR) is 108 cm³/mol. The van der Waals surface area contributed by atoms with E-state index in [0.29, 0.717) is 11.8 Å². The molecule has 0 aliphatic rings. The van der Waals surface area contributed by atoms with Gasteiger partial charge in [-0.25, -0.2) is 9.97 Å². The van der Waals surface area contributed by atoms with Crippen LogP contribution in [-0.2, 0) is 6.42 Å². The Bertz CT molecular complexity index is 1010. The summed E-state index contributed by atoms with van der Waals surface area (Å²) in [5, 5.41) is 0. The topological polar surface area (TPSA) is 57.4 Å². The number of aromatic nitrogens is 4. The van der Waals surface area contributed by atoms with Gasteiger partial charge in [-0.2, -0.15) is 0 Å². The van der Waals surface area contributed by atoms with Crippen molar-refractivity contribution in [3.05, 3.63) is 70.8 Å². The van der Waals surface area contributed by atoms with Crippen molar-refractivity contribution in [3.8, 4) is 23.7 Å². The molecule has 4 nitrogen and oxygen atoms in total. The van der Waals surface area contributed by atoms with Crippen molar-refractivity contribution in [2.75, 3.05) is 0 Å². The van der Waals surface area contributed by atoms with Crippen LogP contribution >= 0.6 is 0 Å². The molecule has 1 atom stereocenters. The molecule has 4 heteroatoms. The van der Waals surface area contributed by atoms with E-state index in [2.05, 4.69) is 71.3 Å².